The average molecular weight is 375 g/mol. The molecular weight excluding hydrogens is 354 g/mol. The second-order valence-corrected chi connectivity index (χ2v) is 7.90. The molecule has 1 saturated heterocycles. The van der Waals surface area contributed by atoms with Crippen molar-refractivity contribution < 1.29 is 17.9 Å². The number of anilines is 1. The summed E-state index contributed by atoms with van der Waals surface area (Å²) in [6.45, 7) is 2.77. The van der Waals surface area contributed by atoms with Gasteiger partial charge in [0.1, 0.15) is 5.82 Å². The van der Waals surface area contributed by atoms with Gasteiger partial charge in [-0.05, 0) is 55.7 Å². The molecule has 26 heavy (non-hydrogen) atoms. The third-order valence-electron chi connectivity index (χ3n) is 4.19. The molecule has 8 heteroatoms. The Balaban J connectivity index is 1.65. The maximum absolute atomic E-state index is 12.3. The van der Waals surface area contributed by atoms with E-state index in [1.54, 1.807) is 12.3 Å². The fourth-order valence-corrected chi connectivity index (χ4v) is 3.74. The first-order valence-corrected chi connectivity index (χ1v) is 9.88. The predicted molar refractivity (Wildman–Crippen MR) is 97.5 cm³/mol. The first kappa shape index (κ1) is 18.5. The molecule has 0 bridgehead atoms. The van der Waals surface area contributed by atoms with Gasteiger partial charge in [0.25, 0.3) is 5.91 Å². The van der Waals surface area contributed by atoms with E-state index in [1.807, 2.05) is 13.0 Å². The van der Waals surface area contributed by atoms with E-state index in [2.05, 4.69) is 15.0 Å². The van der Waals surface area contributed by atoms with Crippen molar-refractivity contribution in [3.8, 4) is 0 Å². The smallest absolute Gasteiger partial charge is 0.256 e. The first-order valence-electron chi connectivity index (χ1n) is 8.40. The van der Waals surface area contributed by atoms with Gasteiger partial charge in [0, 0.05) is 24.9 Å². The number of aromatic nitrogens is 1. The molecule has 2 heterocycles. The third-order valence-corrected chi connectivity index (χ3v) is 5.63. The molecule has 1 atom stereocenters. The van der Waals surface area contributed by atoms with E-state index in [-0.39, 0.29) is 23.5 Å². The molecule has 0 saturated carbocycles. The van der Waals surface area contributed by atoms with Gasteiger partial charge in [0.2, 0.25) is 10.0 Å². The number of benzene rings is 1. The Kier molecular flexibility index (Phi) is 5.65. The van der Waals surface area contributed by atoms with Crippen molar-refractivity contribution in [2.45, 2.75) is 30.8 Å². The van der Waals surface area contributed by atoms with Crippen molar-refractivity contribution in [3.63, 3.8) is 0 Å². The first-order chi connectivity index (χ1) is 12.5. The van der Waals surface area contributed by atoms with E-state index in [4.69, 9.17) is 4.74 Å². The summed E-state index contributed by atoms with van der Waals surface area (Å²) in [5.41, 5.74) is 1.20. The topological polar surface area (TPSA) is 97.4 Å². The fourth-order valence-electron chi connectivity index (χ4n) is 2.67. The van der Waals surface area contributed by atoms with Crippen LogP contribution in [0.4, 0.5) is 5.82 Å². The predicted octanol–water partition coefficient (Wildman–Crippen LogP) is 2.10. The van der Waals surface area contributed by atoms with E-state index < -0.39 is 10.0 Å². The van der Waals surface area contributed by atoms with Crippen molar-refractivity contribution in [1.82, 2.24) is 9.71 Å². The average Bonchev–Trinajstić information content (AvgIpc) is 3.16. The maximum atomic E-state index is 12.3. The van der Waals surface area contributed by atoms with Gasteiger partial charge in [-0.2, -0.15) is 0 Å². The van der Waals surface area contributed by atoms with Gasteiger partial charge >= 0.3 is 0 Å². The summed E-state index contributed by atoms with van der Waals surface area (Å²) in [5, 5.41) is 2.72. The minimum Gasteiger partial charge on any atom is -0.377 e. The van der Waals surface area contributed by atoms with Gasteiger partial charge in [0.05, 0.1) is 11.0 Å². The van der Waals surface area contributed by atoms with Gasteiger partial charge in [0.15, 0.2) is 0 Å². The highest BCUT2D eigenvalue weighted by molar-refractivity contribution is 7.89. The molecule has 1 aliphatic rings. The van der Waals surface area contributed by atoms with E-state index in [0.717, 1.165) is 18.4 Å². The SMILES string of the molecule is Cc1cccnc1NC(=O)c1ccc(S(=O)(=O)NC[C@H]2CCCO2)cc1. The Hall–Kier alpha value is -2.29. The Morgan fingerprint density at radius 2 is 2.04 bits per heavy atom. The summed E-state index contributed by atoms with van der Waals surface area (Å²) < 4.78 is 32.6. The number of nitrogens with one attached hydrogen (secondary N) is 2. The molecule has 2 aromatic rings. The van der Waals surface area contributed by atoms with E-state index in [9.17, 15) is 13.2 Å². The molecule has 1 aromatic carbocycles. The fraction of sp³-hybridized carbons (Fsp3) is 0.333. The molecule has 1 aromatic heterocycles. The molecule has 3 rings (SSSR count). The molecular formula is C18H21N3O4S. The number of hydrogen-bond acceptors (Lipinski definition) is 5. The lowest BCUT2D eigenvalue weighted by Crippen LogP contribution is -2.31. The lowest BCUT2D eigenvalue weighted by atomic mass is 10.2. The zero-order valence-electron chi connectivity index (χ0n) is 14.4. The van der Waals surface area contributed by atoms with Crippen LogP contribution in [-0.2, 0) is 14.8 Å². The number of pyridine rings is 1. The molecule has 1 aliphatic heterocycles. The number of carbonyl (C=O) groups excluding carboxylic acids is 1. The van der Waals surface area contributed by atoms with E-state index in [1.165, 1.54) is 24.3 Å². The number of carbonyl (C=O) groups is 1. The van der Waals surface area contributed by atoms with Crippen molar-refractivity contribution in [2.75, 3.05) is 18.5 Å². The minimum atomic E-state index is -3.63. The number of nitrogens with zero attached hydrogens (tertiary/aromatic N) is 1. The largest absolute Gasteiger partial charge is 0.377 e. The number of hydrogen-bond donors (Lipinski definition) is 2. The Morgan fingerprint density at radius 1 is 1.27 bits per heavy atom. The second kappa shape index (κ2) is 7.94. The quantitative estimate of drug-likeness (QED) is 0.806. The summed E-state index contributed by atoms with van der Waals surface area (Å²) in [6.07, 6.45) is 3.33. The minimum absolute atomic E-state index is 0.0727. The molecule has 0 aliphatic carbocycles. The van der Waals surface area contributed by atoms with Crippen molar-refractivity contribution in [2.24, 2.45) is 0 Å². The summed E-state index contributed by atoms with van der Waals surface area (Å²) in [7, 11) is -3.63. The van der Waals surface area contributed by atoms with Crippen molar-refractivity contribution >= 4 is 21.7 Å². The summed E-state index contributed by atoms with van der Waals surface area (Å²) in [6, 6.07) is 9.42. The van der Waals surface area contributed by atoms with Gasteiger partial charge in [-0.25, -0.2) is 18.1 Å². The van der Waals surface area contributed by atoms with Gasteiger partial charge in [-0.3, -0.25) is 4.79 Å². The summed E-state index contributed by atoms with van der Waals surface area (Å²) in [4.78, 5) is 16.5. The molecule has 0 unspecified atom stereocenters. The van der Waals surface area contributed by atoms with Crippen LogP contribution in [-0.4, -0.2) is 38.6 Å². The van der Waals surface area contributed by atoms with Crippen LogP contribution in [0, 0.1) is 6.92 Å². The Bertz CT molecular complexity index is 876. The molecule has 2 N–H and O–H groups in total. The van der Waals surface area contributed by atoms with Crippen LogP contribution in [0.3, 0.4) is 0 Å². The van der Waals surface area contributed by atoms with Crippen LogP contribution in [0.25, 0.3) is 0 Å². The Labute approximate surface area is 152 Å². The van der Waals surface area contributed by atoms with Crippen LogP contribution in [0.15, 0.2) is 47.5 Å². The number of rotatable bonds is 6. The second-order valence-electron chi connectivity index (χ2n) is 6.13. The van der Waals surface area contributed by atoms with Gasteiger partial charge < -0.3 is 10.1 Å². The zero-order chi connectivity index (χ0) is 18.6. The summed E-state index contributed by atoms with van der Waals surface area (Å²) in [5.74, 6) is 0.135. The van der Waals surface area contributed by atoms with E-state index in [0.29, 0.717) is 18.0 Å². The molecule has 0 radical (unpaired) electrons. The van der Waals surface area contributed by atoms with Crippen LogP contribution in [0.1, 0.15) is 28.8 Å². The highest BCUT2D eigenvalue weighted by atomic mass is 32.2. The monoisotopic (exact) mass is 375 g/mol. The number of sulfonamides is 1. The summed E-state index contributed by atoms with van der Waals surface area (Å²) >= 11 is 0. The van der Waals surface area contributed by atoms with Gasteiger partial charge in [-0.1, -0.05) is 6.07 Å². The van der Waals surface area contributed by atoms with Crippen LogP contribution < -0.4 is 10.0 Å². The van der Waals surface area contributed by atoms with E-state index >= 15 is 0 Å². The highest BCUT2D eigenvalue weighted by Crippen LogP contribution is 2.15. The van der Waals surface area contributed by atoms with Crippen LogP contribution in [0.2, 0.25) is 0 Å². The highest BCUT2D eigenvalue weighted by Gasteiger charge is 2.20. The third kappa shape index (κ3) is 4.46. The number of ether oxygens (including phenoxy) is 1. The lowest BCUT2D eigenvalue weighted by Gasteiger charge is -2.12. The van der Waals surface area contributed by atoms with Crippen molar-refractivity contribution in [3.05, 3.63) is 53.7 Å². The molecule has 1 amide bonds. The Morgan fingerprint density at radius 3 is 2.69 bits per heavy atom. The maximum Gasteiger partial charge on any atom is 0.256 e. The van der Waals surface area contributed by atoms with Crippen LogP contribution >= 0.6 is 0 Å². The van der Waals surface area contributed by atoms with Gasteiger partial charge in [-0.15, -0.1) is 0 Å². The van der Waals surface area contributed by atoms with Crippen molar-refractivity contribution in [1.29, 1.82) is 0 Å². The molecule has 7 nitrogen and oxygen atoms in total. The lowest BCUT2D eigenvalue weighted by molar-refractivity contribution is 0.102. The van der Waals surface area contributed by atoms with Crippen LogP contribution in [0.5, 0.6) is 0 Å². The molecule has 1 fully saturated rings. The zero-order valence-corrected chi connectivity index (χ0v) is 15.3. The number of aryl methyl sites for hydroxylation is 1. The molecule has 138 valence electrons. The molecule has 0 spiro atoms. The normalized spacial score (nSPS) is 17.2. The standard InChI is InChI=1S/C18H21N3O4S/c1-13-4-2-10-19-17(13)21-18(22)14-6-8-16(9-7-14)26(23,24)20-12-15-5-3-11-25-15/h2,4,6-10,15,20H,3,5,11-12H2,1H3,(H,19,21,22)/t15-/m1/s1. The number of amides is 1.